The minimum absolute atomic E-state index is 0.439. The van der Waals surface area contributed by atoms with Gasteiger partial charge in [-0.15, -0.1) is 5.10 Å². The molecule has 0 radical (unpaired) electrons. The number of rotatable bonds is 6. The van der Waals surface area contributed by atoms with Gasteiger partial charge in [0.1, 0.15) is 0 Å². The Labute approximate surface area is 104 Å². The second-order valence-corrected chi connectivity index (χ2v) is 4.43. The van der Waals surface area contributed by atoms with Crippen LogP contribution in [0.25, 0.3) is 0 Å². The molecule has 0 fully saturated rings. The molecule has 0 aliphatic carbocycles. The molecule has 1 aromatic rings. The van der Waals surface area contributed by atoms with Crippen molar-refractivity contribution < 1.29 is 0 Å². The summed E-state index contributed by atoms with van der Waals surface area (Å²) in [4.78, 5) is 6.64. The Kier molecular flexibility index (Phi) is 5.28. The van der Waals surface area contributed by atoms with Crippen molar-refractivity contribution >= 4 is 5.95 Å². The van der Waals surface area contributed by atoms with Gasteiger partial charge in [-0.25, -0.2) is 4.98 Å². The second-order valence-electron chi connectivity index (χ2n) is 4.43. The largest absolute Gasteiger partial charge is 0.351 e. The molecule has 5 nitrogen and oxygen atoms in total. The maximum atomic E-state index is 4.49. The number of nitrogens with zero attached hydrogens (tertiary/aromatic N) is 4. The molecule has 5 heteroatoms. The molecule has 1 aromatic heterocycles. The molecule has 17 heavy (non-hydrogen) atoms. The van der Waals surface area contributed by atoms with Gasteiger partial charge in [-0.3, -0.25) is 0 Å². The Morgan fingerprint density at radius 2 is 1.76 bits per heavy atom. The van der Waals surface area contributed by atoms with Crippen LogP contribution in [0.5, 0.6) is 0 Å². The van der Waals surface area contributed by atoms with E-state index in [1.54, 1.807) is 0 Å². The predicted molar refractivity (Wildman–Crippen MR) is 70.2 cm³/mol. The van der Waals surface area contributed by atoms with Crippen LogP contribution in [-0.4, -0.2) is 46.8 Å². The van der Waals surface area contributed by atoms with Crippen molar-refractivity contribution in [3.63, 3.8) is 0 Å². The lowest BCUT2D eigenvalue weighted by Gasteiger charge is -2.19. The van der Waals surface area contributed by atoms with Gasteiger partial charge in [0, 0.05) is 12.6 Å². The van der Waals surface area contributed by atoms with E-state index in [1.165, 1.54) is 0 Å². The van der Waals surface area contributed by atoms with Crippen LogP contribution in [0, 0.1) is 0 Å². The van der Waals surface area contributed by atoms with E-state index in [1.807, 2.05) is 0 Å². The fourth-order valence-corrected chi connectivity index (χ4v) is 1.43. The summed E-state index contributed by atoms with van der Waals surface area (Å²) in [5.74, 6) is 0.632. The van der Waals surface area contributed by atoms with Crippen molar-refractivity contribution in [3.8, 4) is 0 Å². The number of aryl methyl sites for hydroxylation is 2. The number of likely N-dealkylation sites (N-methyl/N-ethyl adjacent to an activating group) is 1. The summed E-state index contributed by atoms with van der Waals surface area (Å²) >= 11 is 0. The molecule has 0 aliphatic heterocycles. The first kappa shape index (κ1) is 13.8. The van der Waals surface area contributed by atoms with Crippen molar-refractivity contribution in [1.82, 2.24) is 20.1 Å². The molecule has 0 bridgehead atoms. The van der Waals surface area contributed by atoms with Gasteiger partial charge in [0.05, 0.1) is 11.4 Å². The number of nitrogens with one attached hydrogen (secondary N) is 1. The molecule has 0 aromatic carbocycles. The lowest BCUT2D eigenvalue weighted by Crippen LogP contribution is -2.32. The molecule has 96 valence electrons. The van der Waals surface area contributed by atoms with E-state index in [9.17, 15) is 0 Å². The average Bonchev–Trinajstić information content (AvgIpc) is 2.35. The number of aromatic nitrogens is 3. The summed E-state index contributed by atoms with van der Waals surface area (Å²) in [5.41, 5.74) is 2.04. The molecule has 1 N–H and O–H groups in total. The van der Waals surface area contributed by atoms with Crippen molar-refractivity contribution in [2.24, 2.45) is 0 Å². The predicted octanol–water partition coefficient (Wildman–Crippen LogP) is 1.36. The number of anilines is 1. The molecule has 1 atom stereocenters. The maximum absolute atomic E-state index is 4.49. The maximum Gasteiger partial charge on any atom is 0.243 e. The smallest absolute Gasteiger partial charge is 0.243 e. The van der Waals surface area contributed by atoms with Gasteiger partial charge in [0.25, 0.3) is 0 Å². The molecule has 0 saturated heterocycles. The fourth-order valence-electron chi connectivity index (χ4n) is 1.43. The van der Waals surface area contributed by atoms with E-state index in [-0.39, 0.29) is 0 Å². The summed E-state index contributed by atoms with van der Waals surface area (Å²) in [6.07, 6.45) is 1.79. The van der Waals surface area contributed by atoms with E-state index >= 15 is 0 Å². The third-order valence-electron chi connectivity index (χ3n) is 2.95. The Bertz CT molecular complexity index is 351. The van der Waals surface area contributed by atoms with Crippen molar-refractivity contribution in [1.29, 1.82) is 0 Å². The monoisotopic (exact) mass is 237 g/mol. The SMILES string of the molecule is CCc1nnc(NCC(C)N(C)C)nc1CC. The standard InChI is InChI=1S/C12H23N5/c1-6-10-11(7-2)15-16-12(14-10)13-8-9(3)17(4)5/h9H,6-8H2,1-5H3,(H,13,14,16). The Morgan fingerprint density at radius 1 is 1.12 bits per heavy atom. The van der Waals surface area contributed by atoms with Crippen LogP contribution in [0.4, 0.5) is 5.95 Å². The van der Waals surface area contributed by atoms with Gasteiger partial charge in [-0.05, 0) is 33.9 Å². The van der Waals surface area contributed by atoms with Gasteiger partial charge >= 0.3 is 0 Å². The third-order valence-corrected chi connectivity index (χ3v) is 2.95. The summed E-state index contributed by atoms with van der Waals surface area (Å²) in [5, 5.41) is 11.5. The molecule has 0 aliphatic rings. The van der Waals surface area contributed by atoms with Crippen molar-refractivity contribution in [2.75, 3.05) is 26.0 Å². The summed E-state index contributed by atoms with van der Waals surface area (Å²) in [6.45, 7) is 7.15. The molecule has 0 saturated carbocycles. The lowest BCUT2D eigenvalue weighted by atomic mass is 10.2. The Balaban J connectivity index is 2.66. The van der Waals surface area contributed by atoms with Crippen LogP contribution in [0.2, 0.25) is 0 Å². The zero-order valence-corrected chi connectivity index (χ0v) is 11.5. The number of hydrogen-bond donors (Lipinski definition) is 1. The lowest BCUT2D eigenvalue weighted by molar-refractivity contribution is 0.325. The molecule has 1 unspecified atom stereocenters. The highest BCUT2D eigenvalue weighted by Crippen LogP contribution is 2.06. The quantitative estimate of drug-likeness (QED) is 0.809. The van der Waals surface area contributed by atoms with Crippen LogP contribution in [-0.2, 0) is 12.8 Å². The van der Waals surface area contributed by atoms with Crippen molar-refractivity contribution in [2.45, 2.75) is 39.7 Å². The van der Waals surface area contributed by atoms with E-state index < -0.39 is 0 Å². The van der Waals surface area contributed by atoms with Gasteiger partial charge in [0.2, 0.25) is 5.95 Å². The minimum atomic E-state index is 0.439. The molecule has 1 heterocycles. The van der Waals surface area contributed by atoms with E-state index in [0.29, 0.717) is 12.0 Å². The van der Waals surface area contributed by atoms with Crippen molar-refractivity contribution in [3.05, 3.63) is 11.4 Å². The van der Waals surface area contributed by atoms with E-state index in [4.69, 9.17) is 0 Å². The van der Waals surface area contributed by atoms with Gasteiger partial charge in [-0.2, -0.15) is 5.10 Å². The molecular formula is C12H23N5. The normalized spacial score (nSPS) is 12.8. The molecule has 0 amide bonds. The highest BCUT2D eigenvalue weighted by Gasteiger charge is 2.08. The van der Waals surface area contributed by atoms with Crippen LogP contribution in [0.3, 0.4) is 0 Å². The third kappa shape index (κ3) is 3.93. The first-order valence-corrected chi connectivity index (χ1v) is 6.21. The Hall–Kier alpha value is -1.23. The Morgan fingerprint density at radius 3 is 2.29 bits per heavy atom. The summed E-state index contributed by atoms with van der Waals surface area (Å²) in [7, 11) is 4.12. The van der Waals surface area contributed by atoms with E-state index in [2.05, 4.69) is 60.3 Å². The summed E-state index contributed by atoms with van der Waals surface area (Å²) < 4.78 is 0. The van der Waals surface area contributed by atoms with Gasteiger partial charge < -0.3 is 10.2 Å². The second kappa shape index (κ2) is 6.49. The molecule has 0 spiro atoms. The van der Waals surface area contributed by atoms with Crippen LogP contribution >= 0.6 is 0 Å². The van der Waals surface area contributed by atoms with Crippen LogP contribution in [0.1, 0.15) is 32.2 Å². The first-order chi connectivity index (χ1) is 8.08. The fraction of sp³-hybridized carbons (Fsp3) is 0.750. The van der Waals surface area contributed by atoms with Crippen LogP contribution in [0.15, 0.2) is 0 Å². The van der Waals surface area contributed by atoms with Crippen LogP contribution < -0.4 is 5.32 Å². The first-order valence-electron chi connectivity index (χ1n) is 6.21. The van der Waals surface area contributed by atoms with Gasteiger partial charge in [0.15, 0.2) is 0 Å². The summed E-state index contributed by atoms with van der Waals surface area (Å²) in [6, 6.07) is 0.439. The van der Waals surface area contributed by atoms with E-state index in [0.717, 1.165) is 30.8 Å². The molecule has 1 rings (SSSR count). The minimum Gasteiger partial charge on any atom is -0.351 e. The highest BCUT2D eigenvalue weighted by atomic mass is 15.2. The molecular weight excluding hydrogens is 214 g/mol. The zero-order valence-electron chi connectivity index (χ0n) is 11.5. The number of hydrogen-bond acceptors (Lipinski definition) is 5. The average molecular weight is 237 g/mol. The van der Waals surface area contributed by atoms with Gasteiger partial charge in [-0.1, -0.05) is 13.8 Å². The topological polar surface area (TPSA) is 53.9 Å². The highest BCUT2D eigenvalue weighted by molar-refractivity contribution is 5.25. The zero-order chi connectivity index (χ0) is 12.8.